The summed E-state index contributed by atoms with van der Waals surface area (Å²) in [5.74, 6) is 3.42. The Labute approximate surface area is 222 Å². The topological polar surface area (TPSA) is 36.9 Å². The van der Waals surface area contributed by atoms with E-state index < -0.39 is 8.07 Å². The molecule has 0 amide bonds. The molecule has 5 heteroatoms. The molecule has 0 aromatic heterocycles. The molecular formula is C32H38O4Si. The van der Waals surface area contributed by atoms with E-state index in [9.17, 15) is 0 Å². The van der Waals surface area contributed by atoms with Crippen LogP contribution in [-0.2, 0) is 38.8 Å². The molecule has 1 heterocycles. The van der Waals surface area contributed by atoms with Gasteiger partial charge in [0.25, 0.3) is 0 Å². The third kappa shape index (κ3) is 8.39. The minimum atomic E-state index is -1.61. The number of ether oxygens (including phenoxy) is 4. The van der Waals surface area contributed by atoms with Gasteiger partial charge >= 0.3 is 0 Å². The van der Waals surface area contributed by atoms with Crippen molar-refractivity contribution in [2.24, 2.45) is 0 Å². The van der Waals surface area contributed by atoms with Gasteiger partial charge in [0.15, 0.2) is 0 Å². The lowest BCUT2D eigenvalue weighted by molar-refractivity contribution is -0.114. The molecule has 194 valence electrons. The van der Waals surface area contributed by atoms with Crippen LogP contribution in [0, 0.1) is 11.5 Å². The van der Waals surface area contributed by atoms with Crippen LogP contribution in [0.5, 0.6) is 0 Å². The molecule has 37 heavy (non-hydrogen) atoms. The second-order valence-corrected chi connectivity index (χ2v) is 15.3. The molecule has 0 aliphatic carbocycles. The van der Waals surface area contributed by atoms with Gasteiger partial charge in [0.05, 0.1) is 25.9 Å². The first kappa shape index (κ1) is 27.3. The van der Waals surface area contributed by atoms with E-state index in [-0.39, 0.29) is 30.5 Å². The van der Waals surface area contributed by atoms with Gasteiger partial charge in [-0.25, -0.2) is 0 Å². The highest BCUT2D eigenvalue weighted by Crippen LogP contribution is 2.31. The lowest BCUT2D eigenvalue weighted by Crippen LogP contribution is -2.42. The van der Waals surface area contributed by atoms with Gasteiger partial charge in [0.2, 0.25) is 0 Å². The van der Waals surface area contributed by atoms with E-state index in [2.05, 4.69) is 74.4 Å². The van der Waals surface area contributed by atoms with E-state index in [0.717, 1.165) is 16.7 Å². The zero-order valence-electron chi connectivity index (χ0n) is 22.3. The highest BCUT2D eigenvalue weighted by Gasteiger charge is 2.48. The van der Waals surface area contributed by atoms with Gasteiger partial charge in [-0.15, -0.1) is 5.54 Å². The average Bonchev–Trinajstić information content (AvgIpc) is 3.27. The Morgan fingerprint density at radius 1 is 0.703 bits per heavy atom. The zero-order chi connectivity index (χ0) is 26.1. The monoisotopic (exact) mass is 514 g/mol. The van der Waals surface area contributed by atoms with E-state index >= 15 is 0 Å². The molecule has 1 unspecified atom stereocenters. The fourth-order valence-electron chi connectivity index (χ4n) is 4.27. The lowest BCUT2D eigenvalue weighted by Gasteiger charge is -2.27. The van der Waals surface area contributed by atoms with Crippen LogP contribution in [0.15, 0.2) is 91.0 Å². The molecule has 4 nitrogen and oxygen atoms in total. The molecule has 0 radical (unpaired) electrons. The van der Waals surface area contributed by atoms with Crippen LogP contribution in [0.3, 0.4) is 0 Å². The first-order valence-corrected chi connectivity index (χ1v) is 16.5. The second-order valence-electron chi connectivity index (χ2n) is 10.6. The number of rotatable bonds is 10. The van der Waals surface area contributed by atoms with Crippen LogP contribution in [0.2, 0.25) is 19.6 Å². The van der Waals surface area contributed by atoms with Crippen molar-refractivity contribution in [1.29, 1.82) is 0 Å². The minimum Gasteiger partial charge on any atom is -0.371 e. The summed E-state index contributed by atoms with van der Waals surface area (Å²) in [6, 6.07) is 30.6. The molecule has 4 rings (SSSR count). The summed E-state index contributed by atoms with van der Waals surface area (Å²) in [6.45, 7) is 10.2. The zero-order valence-corrected chi connectivity index (χ0v) is 23.3. The van der Waals surface area contributed by atoms with Crippen molar-refractivity contribution in [1.82, 2.24) is 0 Å². The Balaban J connectivity index is 1.56. The van der Waals surface area contributed by atoms with E-state index in [0.29, 0.717) is 19.8 Å². The van der Waals surface area contributed by atoms with Gasteiger partial charge in [-0.05, 0) is 23.6 Å². The molecule has 3 aromatic rings. The van der Waals surface area contributed by atoms with E-state index in [1.165, 1.54) is 0 Å². The quantitative estimate of drug-likeness (QED) is 0.231. The minimum absolute atomic E-state index is 0.206. The smallest absolute Gasteiger partial charge is 0.146 e. The first-order valence-electron chi connectivity index (χ1n) is 13.0. The highest BCUT2D eigenvalue weighted by molar-refractivity contribution is 6.83. The summed E-state index contributed by atoms with van der Waals surface area (Å²) in [4.78, 5) is 0. The third-order valence-electron chi connectivity index (χ3n) is 6.23. The third-order valence-corrected chi connectivity index (χ3v) is 7.12. The van der Waals surface area contributed by atoms with Crippen molar-refractivity contribution < 1.29 is 18.9 Å². The van der Waals surface area contributed by atoms with Crippen LogP contribution < -0.4 is 0 Å². The Bertz CT molecular complexity index is 1140. The fraction of sp³-hybridized carbons (Fsp3) is 0.375. The molecule has 1 saturated heterocycles. The highest BCUT2D eigenvalue weighted by atomic mass is 28.3. The van der Waals surface area contributed by atoms with Gasteiger partial charge < -0.3 is 18.9 Å². The molecule has 3 aromatic carbocycles. The Morgan fingerprint density at radius 2 is 1.16 bits per heavy atom. The molecule has 1 fully saturated rings. The molecule has 1 aliphatic rings. The maximum Gasteiger partial charge on any atom is 0.146 e. The van der Waals surface area contributed by atoms with E-state index in [1.807, 2.05) is 54.6 Å². The van der Waals surface area contributed by atoms with Crippen molar-refractivity contribution >= 4 is 8.07 Å². The second kappa shape index (κ2) is 13.2. The van der Waals surface area contributed by atoms with Gasteiger partial charge in [-0.2, -0.15) is 0 Å². The van der Waals surface area contributed by atoms with Crippen LogP contribution in [-0.4, -0.2) is 38.6 Å². The van der Waals surface area contributed by atoms with Crippen LogP contribution in [0.4, 0.5) is 0 Å². The maximum atomic E-state index is 6.58. The molecule has 0 bridgehead atoms. The summed E-state index contributed by atoms with van der Waals surface area (Å²) in [6.07, 6.45) is -1.56. The molecule has 0 N–H and O–H groups in total. The molecule has 0 spiro atoms. The molecule has 5 atom stereocenters. The van der Waals surface area contributed by atoms with Crippen LogP contribution in [0.25, 0.3) is 0 Å². The number of benzene rings is 3. The van der Waals surface area contributed by atoms with Crippen molar-refractivity contribution in [3.63, 3.8) is 0 Å². The van der Waals surface area contributed by atoms with E-state index in [4.69, 9.17) is 18.9 Å². The number of hydrogen-bond donors (Lipinski definition) is 0. The van der Waals surface area contributed by atoms with Crippen LogP contribution >= 0.6 is 0 Å². The van der Waals surface area contributed by atoms with Gasteiger partial charge in [0.1, 0.15) is 32.5 Å². The Hall–Kier alpha value is -2.72. The van der Waals surface area contributed by atoms with Gasteiger partial charge in [-0.3, -0.25) is 0 Å². The Kier molecular flexibility index (Phi) is 9.73. The summed E-state index contributed by atoms with van der Waals surface area (Å²) < 4.78 is 26.0. The van der Waals surface area contributed by atoms with Gasteiger partial charge in [-0.1, -0.05) is 117 Å². The molecule has 0 saturated carbocycles. The predicted molar refractivity (Wildman–Crippen MR) is 151 cm³/mol. The summed E-state index contributed by atoms with van der Waals surface area (Å²) >= 11 is 0. The van der Waals surface area contributed by atoms with Crippen LogP contribution in [0.1, 0.15) is 23.6 Å². The maximum absolute atomic E-state index is 6.58. The SMILES string of the molecule is CC(OCc1ccccc1)[C@@H]1O[C@@H](C#C[Si](C)(C)C)[C@H](OCc2ccccc2)[C@H]1OCc1ccccc1. The van der Waals surface area contributed by atoms with Crippen molar-refractivity contribution in [2.45, 2.75) is 76.9 Å². The lowest BCUT2D eigenvalue weighted by atomic mass is 10.0. The number of hydrogen-bond acceptors (Lipinski definition) is 4. The molecule has 1 aliphatic heterocycles. The average molecular weight is 515 g/mol. The molecular weight excluding hydrogens is 476 g/mol. The first-order chi connectivity index (χ1) is 17.9. The fourth-order valence-corrected chi connectivity index (χ4v) is 4.84. The van der Waals surface area contributed by atoms with Crippen molar-refractivity contribution in [3.05, 3.63) is 108 Å². The van der Waals surface area contributed by atoms with E-state index in [1.54, 1.807) is 0 Å². The van der Waals surface area contributed by atoms with Gasteiger partial charge in [0, 0.05) is 0 Å². The predicted octanol–water partition coefficient (Wildman–Crippen LogP) is 6.41. The largest absolute Gasteiger partial charge is 0.371 e. The summed E-state index contributed by atoms with van der Waals surface area (Å²) in [5.41, 5.74) is 6.84. The summed E-state index contributed by atoms with van der Waals surface area (Å²) in [5, 5.41) is 0. The van der Waals surface area contributed by atoms with Crippen molar-refractivity contribution in [2.75, 3.05) is 0 Å². The Morgan fingerprint density at radius 3 is 1.65 bits per heavy atom. The van der Waals surface area contributed by atoms with Crippen molar-refractivity contribution in [3.8, 4) is 11.5 Å². The normalized spacial score (nSPS) is 22.3. The summed E-state index contributed by atoms with van der Waals surface area (Å²) in [7, 11) is -1.61. The standard InChI is InChI=1S/C32H38O4Si/c1-25(33-22-26-14-8-5-9-15-26)30-32(35-24-28-18-12-7-13-19-28)31(29(36-30)20-21-37(2,3)4)34-23-27-16-10-6-11-17-27/h5-19,25,29-32H,22-24H2,1-4H3/t25?,29-,30-,31-,32-/m0/s1.